The molecule has 0 spiro atoms. The third-order valence-corrected chi connectivity index (χ3v) is 3.37. The molecule has 1 amide bonds. The summed E-state index contributed by atoms with van der Waals surface area (Å²) in [5.74, 6) is -1.94. The largest absolute Gasteiger partial charge is 0.358 e. The Bertz CT molecular complexity index is 470. The minimum Gasteiger partial charge on any atom is -0.358 e. The molecule has 0 aliphatic heterocycles. The molecule has 0 aliphatic rings. The van der Waals surface area contributed by atoms with Crippen molar-refractivity contribution in [1.29, 1.82) is 0 Å². The zero-order valence-electron chi connectivity index (χ0n) is 8.03. The third kappa shape index (κ3) is 3.02. The second-order valence-corrected chi connectivity index (χ2v) is 4.88. The average Bonchev–Trinajstić information content (AvgIpc) is 2.17. The van der Waals surface area contributed by atoms with Gasteiger partial charge in [0.2, 0.25) is 5.91 Å². The first-order valence-corrected chi connectivity index (χ1v) is 5.80. The molecule has 1 N–H and O–H groups in total. The van der Waals surface area contributed by atoms with Crippen LogP contribution in [0.2, 0.25) is 0 Å². The first-order chi connectivity index (χ1) is 6.95. The third-order valence-electron chi connectivity index (χ3n) is 1.76. The van der Waals surface area contributed by atoms with Crippen molar-refractivity contribution in [3.05, 3.63) is 30.1 Å². The summed E-state index contributed by atoms with van der Waals surface area (Å²) in [6, 6.07) is 4.56. The first kappa shape index (κ1) is 11.6. The Morgan fingerprint density at radius 2 is 2.13 bits per heavy atom. The predicted octanol–water partition coefficient (Wildman–Crippen LogP) is 0.345. The van der Waals surface area contributed by atoms with Crippen LogP contribution in [0.1, 0.15) is 0 Å². The second-order valence-electron chi connectivity index (χ2n) is 2.89. The van der Waals surface area contributed by atoms with E-state index >= 15 is 0 Å². The van der Waals surface area contributed by atoms with Gasteiger partial charge in [-0.05, 0) is 18.2 Å². The van der Waals surface area contributed by atoms with Gasteiger partial charge < -0.3 is 5.32 Å². The summed E-state index contributed by atoms with van der Waals surface area (Å²) in [7, 11) is -2.41. The van der Waals surface area contributed by atoms with Gasteiger partial charge in [-0.15, -0.1) is 0 Å². The van der Waals surface area contributed by atoms with E-state index in [1.807, 2.05) is 0 Å². The van der Waals surface area contributed by atoms with Gasteiger partial charge in [0, 0.05) is 7.05 Å². The highest BCUT2D eigenvalue weighted by atomic mass is 32.2. The van der Waals surface area contributed by atoms with E-state index < -0.39 is 27.3 Å². The highest BCUT2D eigenvalue weighted by Gasteiger charge is 2.18. The molecule has 0 radical (unpaired) electrons. The average molecular weight is 231 g/mol. The Morgan fingerprint density at radius 1 is 1.47 bits per heavy atom. The molecular weight excluding hydrogens is 221 g/mol. The molecular formula is C9H10FNO3S. The fraction of sp³-hybridized carbons (Fsp3) is 0.222. The first-order valence-electron chi connectivity index (χ1n) is 4.14. The number of amides is 1. The molecule has 6 heteroatoms. The standard InChI is InChI=1S/C9H10FNO3S/c1-11-9(12)6-15(13,14)8-4-2-3-7(10)5-8/h2-5H,6H2,1H3,(H,11,12). The van der Waals surface area contributed by atoms with E-state index in [-0.39, 0.29) is 4.90 Å². The number of carbonyl (C=O) groups excluding carboxylic acids is 1. The monoisotopic (exact) mass is 231 g/mol. The minimum absolute atomic E-state index is 0.189. The van der Waals surface area contributed by atoms with Gasteiger partial charge in [0.25, 0.3) is 0 Å². The molecule has 0 saturated carbocycles. The molecule has 1 aromatic carbocycles. The van der Waals surface area contributed by atoms with Crippen LogP contribution in [0.5, 0.6) is 0 Å². The van der Waals surface area contributed by atoms with Gasteiger partial charge in [-0.2, -0.15) is 0 Å². The molecule has 0 atom stereocenters. The lowest BCUT2D eigenvalue weighted by Gasteiger charge is -2.03. The lowest BCUT2D eigenvalue weighted by Crippen LogP contribution is -2.27. The molecule has 0 unspecified atom stereocenters. The van der Waals surface area contributed by atoms with Crippen molar-refractivity contribution < 1.29 is 17.6 Å². The van der Waals surface area contributed by atoms with Crippen LogP contribution >= 0.6 is 0 Å². The van der Waals surface area contributed by atoms with E-state index in [1.165, 1.54) is 19.2 Å². The number of rotatable bonds is 3. The Morgan fingerprint density at radius 3 is 2.67 bits per heavy atom. The summed E-state index contributed by atoms with van der Waals surface area (Å²) in [4.78, 5) is 10.7. The van der Waals surface area contributed by atoms with Crippen LogP contribution in [-0.4, -0.2) is 27.1 Å². The maximum atomic E-state index is 12.8. The molecule has 0 bridgehead atoms. The highest BCUT2D eigenvalue weighted by molar-refractivity contribution is 7.92. The van der Waals surface area contributed by atoms with Gasteiger partial charge in [-0.3, -0.25) is 4.79 Å². The summed E-state index contributed by atoms with van der Waals surface area (Å²) in [6.45, 7) is 0. The van der Waals surface area contributed by atoms with Crippen molar-refractivity contribution in [1.82, 2.24) is 5.32 Å². The number of nitrogens with one attached hydrogen (secondary N) is 1. The number of hydrogen-bond donors (Lipinski definition) is 1. The number of benzene rings is 1. The number of sulfone groups is 1. The molecule has 0 aliphatic carbocycles. The SMILES string of the molecule is CNC(=O)CS(=O)(=O)c1cccc(F)c1. The Hall–Kier alpha value is -1.43. The van der Waals surface area contributed by atoms with Crippen molar-refractivity contribution in [2.24, 2.45) is 0 Å². The van der Waals surface area contributed by atoms with Crippen molar-refractivity contribution >= 4 is 15.7 Å². The van der Waals surface area contributed by atoms with Crippen molar-refractivity contribution in [2.45, 2.75) is 4.90 Å². The zero-order valence-corrected chi connectivity index (χ0v) is 8.84. The fourth-order valence-electron chi connectivity index (χ4n) is 0.989. The van der Waals surface area contributed by atoms with Gasteiger partial charge in [0.15, 0.2) is 9.84 Å². The predicted molar refractivity (Wildman–Crippen MR) is 52.5 cm³/mol. The smallest absolute Gasteiger partial charge is 0.235 e. The summed E-state index contributed by atoms with van der Waals surface area (Å²) in [5.41, 5.74) is 0. The van der Waals surface area contributed by atoms with E-state index in [1.54, 1.807) is 0 Å². The summed E-state index contributed by atoms with van der Waals surface area (Å²) in [6.07, 6.45) is 0. The Kier molecular flexibility index (Phi) is 3.41. The Balaban J connectivity index is 3.01. The lowest BCUT2D eigenvalue weighted by atomic mass is 10.4. The molecule has 0 heterocycles. The molecule has 1 aromatic rings. The lowest BCUT2D eigenvalue weighted by molar-refractivity contribution is -0.118. The zero-order chi connectivity index (χ0) is 11.5. The maximum Gasteiger partial charge on any atom is 0.235 e. The van der Waals surface area contributed by atoms with E-state index in [4.69, 9.17) is 0 Å². The fourth-order valence-corrected chi connectivity index (χ4v) is 2.22. The van der Waals surface area contributed by atoms with Crippen LogP contribution in [0.15, 0.2) is 29.2 Å². The van der Waals surface area contributed by atoms with Crippen LogP contribution in [0.4, 0.5) is 4.39 Å². The molecule has 1 rings (SSSR count). The van der Waals surface area contributed by atoms with E-state index in [2.05, 4.69) is 5.32 Å². The Labute approximate surface area is 87.0 Å². The van der Waals surface area contributed by atoms with Crippen LogP contribution in [0.25, 0.3) is 0 Å². The number of halogens is 1. The van der Waals surface area contributed by atoms with E-state index in [9.17, 15) is 17.6 Å². The van der Waals surface area contributed by atoms with Crippen molar-refractivity contribution in [3.63, 3.8) is 0 Å². The summed E-state index contributed by atoms with van der Waals surface area (Å²) in [5, 5.41) is 2.19. The number of hydrogen-bond acceptors (Lipinski definition) is 3. The minimum atomic E-state index is -3.75. The van der Waals surface area contributed by atoms with Gasteiger partial charge in [-0.1, -0.05) is 6.07 Å². The molecule has 0 aromatic heterocycles. The summed E-state index contributed by atoms with van der Waals surface area (Å²) >= 11 is 0. The molecule has 4 nitrogen and oxygen atoms in total. The quantitative estimate of drug-likeness (QED) is 0.816. The second kappa shape index (κ2) is 4.39. The van der Waals surface area contributed by atoms with Crippen LogP contribution in [-0.2, 0) is 14.6 Å². The topological polar surface area (TPSA) is 63.2 Å². The van der Waals surface area contributed by atoms with E-state index in [0.717, 1.165) is 12.1 Å². The normalized spacial score (nSPS) is 11.1. The maximum absolute atomic E-state index is 12.8. The summed E-state index contributed by atoms with van der Waals surface area (Å²) < 4.78 is 35.8. The van der Waals surface area contributed by atoms with Gasteiger partial charge in [0.05, 0.1) is 4.90 Å². The van der Waals surface area contributed by atoms with Gasteiger partial charge in [-0.25, -0.2) is 12.8 Å². The van der Waals surface area contributed by atoms with Crippen molar-refractivity contribution in [2.75, 3.05) is 12.8 Å². The van der Waals surface area contributed by atoms with E-state index in [0.29, 0.717) is 0 Å². The van der Waals surface area contributed by atoms with Crippen LogP contribution < -0.4 is 5.32 Å². The molecule has 15 heavy (non-hydrogen) atoms. The molecule has 0 fully saturated rings. The molecule has 0 saturated heterocycles. The number of carbonyl (C=O) groups is 1. The van der Waals surface area contributed by atoms with Crippen molar-refractivity contribution in [3.8, 4) is 0 Å². The van der Waals surface area contributed by atoms with Crippen LogP contribution in [0, 0.1) is 5.82 Å². The highest BCUT2D eigenvalue weighted by Crippen LogP contribution is 2.12. The van der Waals surface area contributed by atoms with Crippen LogP contribution in [0.3, 0.4) is 0 Å². The van der Waals surface area contributed by atoms with Gasteiger partial charge >= 0.3 is 0 Å². The van der Waals surface area contributed by atoms with Gasteiger partial charge in [0.1, 0.15) is 11.6 Å². The molecule has 82 valence electrons.